The minimum atomic E-state index is -0.507. The van der Waals surface area contributed by atoms with E-state index in [1.807, 2.05) is 0 Å². The molecule has 0 saturated heterocycles. The number of esters is 1. The summed E-state index contributed by atoms with van der Waals surface area (Å²) in [6.07, 6.45) is 4.93. The number of aromatic nitrogens is 1. The van der Waals surface area contributed by atoms with Gasteiger partial charge in [-0.25, -0.2) is 9.79 Å². The topological polar surface area (TPSA) is 63.9 Å². The highest BCUT2D eigenvalue weighted by molar-refractivity contribution is 7.07. The second-order valence-corrected chi connectivity index (χ2v) is 7.52. The van der Waals surface area contributed by atoms with Gasteiger partial charge in [-0.2, -0.15) is 0 Å². The molecule has 0 N–H and O–H groups in total. The van der Waals surface area contributed by atoms with Crippen LogP contribution >= 0.6 is 11.3 Å². The van der Waals surface area contributed by atoms with E-state index in [-0.39, 0.29) is 5.56 Å². The number of carbonyl (C=O) groups is 1. The normalized spacial score (nSPS) is 29.0. The molecule has 6 nitrogen and oxygen atoms in total. The van der Waals surface area contributed by atoms with Gasteiger partial charge in [-0.1, -0.05) is 38.0 Å². The molecule has 2 heterocycles. The average Bonchev–Trinajstić information content (AvgIpc) is 2.85. The number of hydrogen-bond acceptors (Lipinski definition) is 6. The highest BCUT2D eigenvalue weighted by Gasteiger charge is 2.32. The van der Waals surface area contributed by atoms with Gasteiger partial charge in [0.25, 0.3) is 5.56 Å². The molecule has 1 fully saturated rings. The lowest BCUT2D eigenvalue weighted by molar-refractivity contribution is -0.133. The molecule has 1 aromatic rings. The van der Waals surface area contributed by atoms with Crippen LogP contribution in [0.1, 0.15) is 33.1 Å². The highest BCUT2D eigenvalue weighted by atomic mass is 32.1. The minimum absolute atomic E-state index is 0.152. The van der Waals surface area contributed by atoms with Gasteiger partial charge in [0.15, 0.2) is 4.80 Å². The molecule has 1 aliphatic heterocycles. The summed E-state index contributed by atoms with van der Waals surface area (Å²) in [5.41, 5.74) is -0.152. The zero-order valence-electron chi connectivity index (χ0n) is 13.8. The van der Waals surface area contributed by atoms with Gasteiger partial charge in [-0.15, -0.1) is 0 Å². The zero-order valence-corrected chi connectivity index (χ0v) is 14.6. The maximum Gasteiger partial charge on any atom is 0.332 e. The maximum atomic E-state index is 12.5. The largest absolute Gasteiger partial charge is 0.466 e. The van der Waals surface area contributed by atoms with Crippen LogP contribution in [0.5, 0.6) is 0 Å². The van der Waals surface area contributed by atoms with Crippen molar-refractivity contribution in [1.29, 1.82) is 0 Å². The Morgan fingerprint density at radius 2 is 2.17 bits per heavy atom. The van der Waals surface area contributed by atoms with E-state index in [9.17, 15) is 9.59 Å². The number of rotatable bonds is 2. The molecule has 7 heteroatoms. The SMILES string of the molecule is COC(=O)/C=c1\sc2n(c1=O)CN([C@@H]1CCC[C@@H](C)[C@H]1C)CN=2. The number of thiazole rings is 1. The van der Waals surface area contributed by atoms with Gasteiger partial charge in [-0.05, 0) is 18.3 Å². The first-order valence-electron chi connectivity index (χ1n) is 8.09. The first-order valence-corrected chi connectivity index (χ1v) is 8.90. The fourth-order valence-corrected chi connectivity index (χ4v) is 4.50. The van der Waals surface area contributed by atoms with E-state index in [1.165, 1.54) is 37.4 Å². The van der Waals surface area contributed by atoms with E-state index in [1.54, 1.807) is 4.57 Å². The average molecular weight is 337 g/mol. The first-order chi connectivity index (χ1) is 11.0. The Balaban J connectivity index is 1.88. The lowest BCUT2D eigenvalue weighted by Gasteiger charge is -2.41. The summed E-state index contributed by atoms with van der Waals surface area (Å²) < 4.78 is 6.67. The van der Waals surface area contributed by atoms with Gasteiger partial charge in [0.05, 0.1) is 20.4 Å². The second-order valence-electron chi connectivity index (χ2n) is 6.51. The summed E-state index contributed by atoms with van der Waals surface area (Å²) in [7, 11) is 1.31. The van der Waals surface area contributed by atoms with Crippen molar-refractivity contribution in [3.8, 4) is 0 Å². The van der Waals surface area contributed by atoms with Gasteiger partial charge < -0.3 is 4.74 Å². The molecule has 0 amide bonds. The van der Waals surface area contributed by atoms with Crippen molar-refractivity contribution < 1.29 is 9.53 Å². The summed E-state index contributed by atoms with van der Waals surface area (Å²) in [4.78, 5) is 31.4. The van der Waals surface area contributed by atoms with Gasteiger partial charge >= 0.3 is 5.97 Å². The van der Waals surface area contributed by atoms with Crippen LogP contribution in [-0.2, 0) is 16.2 Å². The van der Waals surface area contributed by atoms with Crippen LogP contribution in [0.3, 0.4) is 0 Å². The van der Waals surface area contributed by atoms with Crippen LogP contribution < -0.4 is 14.9 Å². The second kappa shape index (κ2) is 6.57. The number of methoxy groups -OCH3 is 1. The lowest BCUT2D eigenvalue weighted by atomic mass is 9.77. The van der Waals surface area contributed by atoms with E-state index < -0.39 is 5.97 Å². The van der Waals surface area contributed by atoms with Crippen molar-refractivity contribution in [2.75, 3.05) is 13.8 Å². The number of nitrogens with zero attached hydrogens (tertiary/aromatic N) is 3. The first kappa shape index (κ1) is 16.4. The van der Waals surface area contributed by atoms with Crippen LogP contribution in [-0.4, -0.2) is 35.3 Å². The third-order valence-corrected chi connectivity index (χ3v) is 6.23. The monoisotopic (exact) mass is 337 g/mol. The highest BCUT2D eigenvalue weighted by Crippen LogP contribution is 2.33. The maximum absolute atomic E-state index is 12.5. The Morgan fingerprint density at radius 1 is 1.39 bits per heavy atom. The molecule has 0 radical (unpaired) electrons. The number of hydrogen-bond donors (Lipinski definition) is 0. The molecular formula is C16H23N3O3S. The Labute approximate surface area is 139 Å². The minimum Gasteiger partial charge on any atom is -0.466 e. The Hall–Kier alpha value is -1.47. The van der Waals surface area contributed by atoms with Crippen molar-refractivity contribution in [3.05, 3.63) is 19.7 Å². The van der Waals surface area contributed by atoms with Crippen molar-refractivity contribution in [2.45, 2.75) is 45.8 Å². The zero-order chi connectivity index (χ0) is 16.6. The Kier molecular flexibility index (Phi) is 4.68. The van der Waals surface area contributed by atoms with Crippen molar-refractivity contribution in [3.63, 3.8) is 0 Å². The standard InChI is InChI=1S/C16H23N3O3S/c1-10-5-4-6-12(11(10)2)18-8-17-16-19(9-18)15(21)13(23-16)7-14(20)22-3/h7,10-12H,4-6,8-9H2,1-3H3/b13-7-/t10-,11-,12-/m1/s1. The summed E-state index contributed by atoms with van der Waals surface area (Å²) in [6.45, 7) is 5.80. The van der Waals surface area contributed by atoms with E-state index in [2.05, 4.69) is 28.5 Å². The quantitative estimate of drug-likeness (QED) is 0.739. The summed E-state index contributed by atoms with van der Waals surface area (Å²) in [5, 5.41) is 0. The molecule has 3 atom stereocenters. The van der Waals surface area contributed by atoms with Crippen LogP contribution in [0.25, 0.3) is 6.08 Å². The third kappa shape index (κ3) is 3.12. The van der Waals surface area contributed by atoms with Gasteiger partial charge in [-0.3, -0.25) is 14.3 Å². The summed E-state index contributed by atoms with van der Waals surface area (Å²) >= 11 is 1.26. The van der Waals surface area contributed by atoms with Crippen molar-refractivity contribution in [1.82, 2.24) is 9.47 Å². The molecule has 1 aliphatic carbocycles. The van der Waals surface area contributed by atoms with Crippen LogP contribution in [0.2, 0.25) is 0 Å². The van der Waals surface area contributed by atoms with E-state index in [0.717, 1.165) is 6.42 Å². The van der Waals surface area contributed by atoms with Crippen molar-refractivity contribution >= 4 is 23.4 Å². The molecule has 1 aromatic heterocycles. The fourth-order valence-electron chi connectivity index (χ4n) is 3.57. The van der Waals surface area contributed by atoms with Gasteiger partial charge in [0, 0.05) is 12.1 Å². The molecule has 0 spiro atoms. The lowest BCUT2D eigenvalue weighted by Crippen LogP contribution is -2.50. The molecule has 126 valence electrons. The molecular weight excluding hydrogens is 314 g/mol. The van der Waals surface area contributed by atoms with E-state index in [0.29, 0.717) is 40.5 Å². The van der Waals surface area contributed by atoms with Crippen LogP contribution in [0.4, 0.5) is 0 Å². The summed E-state index contributed by atoms with van der Waals surface area (Å²) in [6, 6.07) is 0.468. The smallest absolute Gasteiger partial charge is 0.332 e. The molecule has 23 heavy (non-hydrogen) atoms. The van der Waals surface area contributed by atoms with E-state index in [4.69, 9.17) is 0 Å². The molecule has 0 aromatic carbocycles. The summed E-state index contributed by atoms with van der Waals surface area (Å²) in [5.74, 6) is 0.807. The fraction of sp³-hybridized carbons (Fsp3) is 0.688. The predicted molar refractivity (Wildman–Crippen MR) is 88.5 cm³/mol. The van der Waals surface area contributed by atoms with Gasteiger partial charge in [0.2, 0.25) is 0 Å². The number of fused-ring (bicyclic) bond motifs is 1. The molecule has 0 unspecified atom stereocenters. The Morgan fingerprint density at radius 3 is 2.91 bits per heavy atom. The number of ether oxygens (including phenoxy) is 1. The van der Waals surface area contributed by atoms with Crippen LogP contribution in [0.15, 0.2) is 9.79 Å². The van der Waals surface area contributed by atoms with Crippen molar-refractivity contribution in [2.24, 2.45) is 16.8 Å². The number of carbonyl (C=O) groups excluding carboxylic acids is 1. The van der Waals surface area contributed by atoms with Gasteiger partial charge in [0.1, 0.15) is 4.53 Å². The Bertz CT molecular complexity index is 767. The van der Waals surface area contributed by atoms with E-state index >= 15 is 0 Å². The molecule has 1 saturated carbocycles. The molecule has 3 rings (SSSR count). The third-order valence-electron chi connectivity index (χ3n) is 5.18. The molecule has 2 aliphatic rings. The predicted octanol–water partition coefficient (Wildman–Crippen LogP) is 0.538. The van der Waals surface area contributed by atoms with Crippen LogP contribution in [0, 0.1) is 11.8 Å². The molecule has 0 bridgehead atoms.